The molecule has 0 aliphatic rings. The molecule has 0 amide bonds. The summed E-state index contributed by atoms with van der Waals surface area (Å²) in [7, 11) is 0. The molecule has 3 nitrogen and oxygen atoms in total. The molecular weight excluding hydrogens is 279 g/mol. The Kier molecular flexibility index (Phi) is 3.24. The Morgan fingerprint density at radius 3 is 2.55 bits per heavy atom. The fourth-order valence-electron chi connectivity index (χ4n) is 1.95. The van der Waals surface area contributed by atoms with Gasteiger partial charge >= 0.3 is 0 Å². The minimum atomic E-state index is -0.304. The van der Waals surface area contributed by atoms with Crippen molar-refractivity contribution in [1.82, 2.24) is 10.2 Å². The Morgan fingerprint density at radius 1 is 1.05 bits per heavy atom. The van der Waals surface area contributed by atoms with Crippen LogP contribution in [-0.4, -0.2) is 10.2 Å². The summed E-state index contributed by atoms with van der Waals surface area (Å²) in [6, 6.07) is 11.7. The first-order valence-electron chi connectivity index (χ1n) is 6.00. The monoisotopic (exact) mass is 288 g/mol. The zero-order chi connectivity index (χ0) is 14.1. The molecule has 0 aliphatic carbocycles. The number of hydrogen-bond donors (Lipinski definition) is 0. The molecule has 1 aromatic heterocycles. The van der Waals surface area contributed by atoms with Crippen LogP contribution in [0.2, 0.25) is 5.15 Å². The highest BCUT2D eigenvalue weighted by Gasteiger charge is 2.10. The molecule has 0 saturated heterocycles. The smallest absolute Gasteiger partial charge is 0.246 e. The second kappa shape index (κ2) is 5.06. The number of rotatable bonds is 2. The van der Waals surface area contributed by atoms with E-state index in [1.165, 1.54) is 12.1 Å². The standard InChI is InChI=1S/C15H10ClFN2O/c1-9-8-10(17)6-7-13(9)20-15-12-5-3-2-4-11(12)14(16)18-19-15/h2-8H,1H3. The Balaban J connectivity index is 2.09. The number of hydrogen-bond acceptors (Lipinski definition) is 3. The van der Waals surface area contributed by atoms with Crippen LogP contribution in [0.4, 0.5) is 4.39 Å². The molecule has 0 radical (unpaired) electrons. The SMILES string of the molecule is Cc1cc(F)ccc1Oc1nnc(Cl)c2ccccc12. The maximum Gasteiger partial charge on any atom is 0.246 e. The van der Waals surface area contributed by atoms with Crippen LogP contribution in [0.25, 0.3) is 10.8 Å². The lowest BCUT2D eigenvalue weighted by Crippen LogP contribution is -1.95. The van der Waals surface area contributed by atoms with Gasteiger partial charge in [-0.05, 0) is 36.8 Å². The van der Waals surface area contributed by atoms with Gasteiger partial charge in [-0.15, -0.1) is 10.2 Å². The lowest BCUT2D eigenvalue weighted by molar-refractivity contribution is 0.456. The van der Waals surface area contributed by atoms with Crippen LogP contribution in [0.3, 0.4) is 0 Å². The van der Waals surface area contributed by atoms with Crippen molar-refractivity contribution in [2.75, 3.05) is 0 Å². The van der Waals surface area contributed by atoms with Crippen molar-refractivity contribution in [3.05, 3.63) is 59.0 Å². The normalized spacial score (nSPS) is 10.8. The third-order valence-corrected chi connectivity index (χ3v) is 3.23. The van der Waals surface area contributed by atoms with E-state index < -0.39 is 0 Å². The van der Waals surface area contributed by atoms with Crippen LogP contribution >= 0.6 is 11.6 Å². The summed E-state index contributed by atoms with van der Waals surface area (Å²) in [5, 5.41) is 9.68. The average molecular weight is 289 g/mol. The lowest BCUT2D eigenvalue weighted by atomic mass is 10.2. The molecule has 0 unspecified atom stereocenters. The molecule has 100 valence electrons. The highest BCUT2D eigenvalue weighted by Crippen LogP contribution is 2.31. The molecule has 0 fully saturated rings. The van der Waals surface area contributed by atoms with Gasteiger partial charge in [0.25, 0.3) is 0 Å². The number of aryl methyl sites for hydroxylation is 1. The summed E-state index contributed by atoms with van der Waals surface area (Å²) < 4.78 is 18.8. The van der Waals surface area contributed by atoms with Crippen molar-refractivity contribution in [3.63, 3.8) is 0 Å². The predicted molar refractivity (Wildman–Crippen MR) is 75.8 cm³/mol. The first-order valence-corrected chi connectivity index (χ1v) is 6.38. The predicted octanol–water partition coefficient (Wildman–Crippen LogP) is 4.52. The molecule has 1 heterocycles. The number of benzene rings is 2. The number of fused-ring (bicyclic) bond motifs is 1. The summed E-state index contributed by atoms with van der Waals surface area (Å²) >= 11 is 6.01. The van der Waals surface area contributed by atoms with Crippen molar-refractivity contribution in [2.24, 2.45) is 0 Å². The van der Waals surface area contributed by atoms with Gasteiger partial charge in [-0.2, -0.15) is 0 Å². The highest BCUT2D eigenvalue weighted by atomic mass is 35.5. The number of nitrogens with zero attached hydrogens (tertiary/aromatic N) is 2. The summed E-state index contributed by atoms with van der Waals surface area (Å²) in [4.78, 5) is 0. The van der Waals surface area contributed by atoms with E-state index in [4.69, 9.17) is 16.3 Å². The van der Waals surface area contributed by atoms with Crippen molar-refractivity contribution in [3.8, 4) is 11.6 Å². The van der Waals surface area contributed by atoms with E-state index in [0.29, 0.717) is 22.3 Å². The maximum atomic E-state index is 13.1. The number of halogens is 2. The minimum absolute atomic E-state index is 0.304. The summed E-state index contributed by atoms with van der Waals surface area (Å²) in [5.74, 6) is 0.579. The molecule has 3 aromatic rings. The van der Waals surface area contributed by atoms with E-state index in [2.05, 4.69) is 10.2 Å². The molecule has 0 saturated carbocycles. The van der Waals surface area contributed by atoms with Crippen molar-refractivity contribution in [2.45, 2.75) is 6.92 Å². The first-order chi connectivity index (χ1) is 9.65. The number of ether oxygens (including phenoxy) is 1. The molecule has 0 spiro atoms. The van der Waals surface area contributed by atoms with Crippen molar-refractivity contribution >= 4 is 22.4 Å². The molecule has 5 heteroatoms. The van der Waals surface area contributed by atoms with E-state index in [9.17, 15) is 4.39 Å². The van der Waals surface area contributed by atoms with Crippen LogP contribution in [0.1, 0.15) is 5.56 Å². The average Bonchev–Trinajstić information content (AvgIpc) is 2.45. The van der Waals surface area contributed by atoms with Crippen LogP contribution in [0.5, 0.6) is 11.6 Å². The van der Waals surface area contributed by atoms with Gasteiger partial charge < -0.3 is 4.74 Å². The second-order valence-corrected chi connectivity index (χ2v) is 4.71. The van der Waals surface area contributed by atoms with Crippen LogP contribution < -0.4 is 4.74 Å². The Morgan fingerprint density at radius 2 is 1.80 bits per heavy atom. The Labute approximate surface area is 120 Å². The Bertz CT molecular complexity index is 792. The van der Waals surface area contributed by atoms with Crippen molar-refractivity contribution < 1.29 is 9.13 Å². The fourth-order valence-corrected chi connectivity index (χ4v) is 2.16. The van der Waals surface area contributed by atoms with Gasteiger partial charge in [-0.1, -0.05) is 29.8 Å². The summed E-state index contributed by atoms with van der Waals surface area (Å²) in [6.45, 7) is 1.77. The van der Waals surface area contributed by atoms with Gasteiger partial charge in [0, 0.05) is 10.8 Å². The van der Waals surface area contributed by atoms with Gasteiger partial charge in [0.2, 0.25) is 5.88 Å². The Hall–Kier alpha value is -2.20. The second-order valence-electron chi connectivity index (χ2n) is 4.35. The number of aromatic nitrogens is 2. The molecule has 2 aromatic carbocycles. The molecule has 3 rings (SSSR count). The largest absolute Gasteiger partial charge is 0.437 e. The summed E-state index contributed by atoms with van der Waals surface area (Å²) in [6.07, 6.45) is 0. The van der Waals surface area contributed by atoms with Crippen LogP contribution in [0.15, 0.2) is 42.5 Å². The van der Waals surface area contributed by atoms with E-state index in [-0.39, 0.29) is 5.82 Å². The lowest BCUT2D eigenvalue weighted by Gasteiger charge is -2.09. The maximum absolute atomic E-state index is 13.1. The molecule has 20 heavy (non-hydrogen) atoms. The van der Waals surface area contributed by atoms with E-state index in [1.54, 1.807) is 13.0 Å². The van der Waals surface area contributed by atoms with Gasteiger partial charge in [-0.3, -0.25) is 0 Å². The van der Waals surface area contributed by atoms with Gasteiger partial charge in [0.05, 0.1) is 0 Å². The minimum Gasteiger partial charge on any atom is -0.437 e. The third-order valence-electron chi connectivity index (χ3n) is 2.95. The third kappa shape index (κ3) is 2.30. The van der Waals surface area contributed by atoms with E-state index in [1.807, 2.05) is 24.3 Å². The molecule has 0 atom stereocenters. The summed E-state index contributed by atoms with van der Waals surface area (Å²) in [5.41, 5.74) is 0.686. The van der Waals surface area contributed by atoms with E-state index >= 15 is 0 Å². The van der Waals surface area contributed by atoms with Gasteiger partial charge in [-0.25, -0.2) is 4.39 Å². The molecule has 0 aliphatic heterocycles. The van der Waals surface area contributed by atoms with Gasteiger partial charge in [0.1, 0.15) is 11.6 Å². The molecular formula is C15H10ClFN2O. The van der Waals surface area contributed by atoms with Crippen LogP contribution in [0, 0.1) is 12.7 Å². The first kappa shape index (κ1) is 12.8. The van der Waals surface area contributed by atoms with Crippen LogP contribution in [-0.2, 0) is 0 Å². The van der Waals surface area contributed by atoms with Crippen molar-refractivity contribution in [1.29, 1.82) is 0 Å². The quantitative estimate of drug-likeness (QED) is 0.695. The topological polar surface area (TPSA) is 35.0 Å². The van der Waals surface area contributed by atoms with Gasteiger partial charge in [0.15, 0.2) is 5.15 Å². The fraction of sp³-hybridized carbons (Fsp3) is 0.0667. The zero-order valence-electron chi connectivity index (χ0n) is 10.6. The molecule has 0 N–H and O–H groups in total. The zero-order valence-corrected chi connectivity index (χ0v) is 11.4. The molecule has 0 bridgehead atoms. The van der Waals surface area contributed by atoms with E-state index in [0.717, 1.165) is 10.8 Å². The highest BCUT2D eigenvalue weighted by molar-refractivity contribution is 6.34.